The largest absolute Gasteiger partial charge is 0.490 e. The summed E-state index contributed by atoms with van der Waals surface area (Å²) >= 11 is 0. The van der Waals surface area contributed by atoms with E-state index in [0.29, 0.717) is 18.0 Å². The van der Waals surface area contributed by atoms with E-state index in [1.807, 2.05) is 0 Å². The van der Waals surface area contributed by atoms with Gasteiger partial charge >= 0.3 is 5.69 Å². The van der Waals surface area contributed by atoms with Crippen LogP contribution in [-0.2, 0) is 0 Å². The van der Waals surface area contributed by atoms with Gasteiger partial charge < -0.3 is 15.4 Å². The van der Waals surface area contributed by atoms with Gasteiger partial charge in [-0.3, -0.25) is 14.9 Å². The summed E-state index contributed by atoms with van der Waals surface area (Å²) in [6.45, 7) is 2.54. The van der Waals surface area contributed by atoms with Gasteiger partial charge in [0.25, 0.3) is 5.91 Å². The molecule has 0 saturated carbocycles. The average Bonchev–Trinajstić information content (AvgIpc) is 2.52. The first-order chi connectivity index (χ1) is 10.1. The number of hydrogen-bond acceptors (Lipinski definition) is 5. The summed E-state index contributed by atoms with van der Waals surface area (Å²) in [7, 11) is 1.34. The molecule has 1 amide bonds. The third-order valence-electron chi connectivity index (χ3n) is 3.59. The quantitative estimate of drug-likeness (QED) is 0.631. The first kappa shape index (κ1) is 15.2. The van der Waals surface area contributed by atoms with Crippen LogP contribution in [0.15, 0.2) is 18.2 Å². The van der Waals surface area contributed by atoms with Crippen molar-refractivity contribution in [3.8, 4) is 5.75 Å². The van der Waals surface area contributed by atoms with E-state index in [9.17, 15) is 14.9 Å². The van der Waals surface area contributed by atoms with Crippen LogP contribution in [0.1, 0.15) is 23.2 Å². The van der Waals surface area contributed by atoms with Crippen molar-refractivity contribution in [1.82, 2.24) is 10.6 Å². The van der Waals surface area contributed by atoms with E-state index in [2.05, 4.69) is 10.6 Å². The van der Waals surface area contributed by atoms with Gasteiger partial charge in [-0.25, -0.2) is 0 Å². The zero-order valence-corrected chi connectivity index (χ0v) is 11.9. The predicted octanol–water partition coefficient (Wildman–Crippen LogP) is 1.33. The monoisotopic (exact) mass is 293 g/mol. The molecule has 2 N–H and O–H groups in total. The van der Waals surface area contributed by atoms with Crippen molar-refractivity contribution in [2.24, 2.45) is 5.92 Å². The lowest BCUT2D eigenvalue weighted by atomic mass is 9.99. The Balaban J connectivity index is 2.00. The topological polar surface area (TPSA) is 93.5 Å². The summed E-state index contributed by atoms with van der Waals surface area (Å²) in [5.41, 5.74) is 0.215. The Morgan fingerprint density at radius 2 is 2.38 bits per heavy atom. The van der Waals surface area contributed by atoms with Crippen LogP contribution < -0.4 is 15.4 Å². The number of nitro benzene ring substituents is 1. The molecule has 2 rings (SSSR count). The lowest BCUT2D eigenvalue weighted by molar-refractivity contribution is -0.385. The molecule has 1 aliphatic rings. The van der Waals surface area contributed by atoms with Gasteiger partial charge in [0.2, 0.25) is 0 Å². The molecular weight excluding hydrogens is 274 g/mol. The average molecular weight is 293 g/mol. The maximum Gasteiger partial charge on any atom is 0.310 e. The van der Waals surface area contributed by atoms with Crippen molar-refractivity contribution in [2.45, 2.75) is 12.8 Å². The van der Waals surface area contributed by atoms with Crippen LogP contribution in [0.5, 0.6) is 5.75 Å². The molecule has 0 bridgehead atoms. The van der Waals surface area contributed by atoms with E-state index in [4.69, 9.17) is 4.74 Å². The summed E-state index contributed by atoms with van der Waals surface area (Å²) in [5, 5.41) is 17.0. The van der Waals surface area contributed by atoms with E-state index in [-0.39, 0.29) is 17.3 Å². The third kappa shape index (κ3) is 3.91. The maximum absolute atomic E-state index is 12.1. The summed E-state index contributed by atoms with van der Waals surface area (Å²) in [4.78, 5) is 22.4. The molecule has 7 heteroatoms. The Hall–Kier alpha value is -2.15. The SMILES string of the molecule is COc1cc(C(=O)NCC2CCCNC2)ccc1[N+](=O)[O-]. The summed E-state index contributed by atoms with van der Waals surface area (Å²) in [6, 6.07) is 4.12. The number of rotatable bonds is 5. The molecule has 0 radical (unpaired) electrons. The van der Waals surface area contributed by atoms with Crippen LogP contribution in [0.4, 0.5) is 5.69 Å². The highest BCUT2D eigenvalue weighted by Crippen LogP contribution is 2.27. The third-order valence-corrected chi connectivity index (χ3v) is 3.59. The van der Waals surface area contributed by atoms with E-state index in [1.165, 1.54) is 25.3 Å². The van der Waals surface area contributed by atoms with Crippen molar-refractivity contribution >= 4 is 11.6 Å². The Morgan fingerprint density at radius 1 is 1.57 bits per heavy atom. The fourth-order valence-corrected chi connectivity index (χ4v) is 2.41. The molecule has 0 aliphatic carbocycles. The normalized spacial score (nSPS) is 18.0. The molecule has 1 heterocycles. The summed E-state index contributed by atoms with van der Waals surface area (Å²) in [6.07, 6.45) is 2.21. The minimum Gasteiger partial charge on any atom is -0.490 e. The number of benzene rings is 1. The highest BCUT2D eigenvalue weighted by Gasteiger charge is 2.18. The molecule has 0 spiro atoms. The smallest absolute Gasteiger partial charge is 0.310 e. The van der Waals surface area contributed by atoms with E-state index in [0.717, 1.165) is 25.9 Å². The highest BCUT2D eigenvalue weighted by atomic mass is 16.6. The van der Waals surface area contributed by atoms with Crippen molar-refractivity contribution in [3.63, 3.8) is 0 Å². The first-order valence-electron chi connectivity index (χ1n) is 6.93. The highest BCUT2D eigenvalue weighted by molar-refractivity contribution is 5.95. The number of amides is 1. The number of hydrogen-bond donors (Lipinski definition) is 2. The second kappa shape index (κ2) is 7.03. The predicted molar refractivity (Wildman–Crippen MR) is 77.6 cm³/mol. The maximum atomic E-state index is 12.1. The number of carbonyl (C=O) groups excluding carboxylic acids is 1. The van der Waals surface area contributed by atoms with Crippen LogP contribution in [0.2, 0.25) is 0 Å². The van der Waals surface area contributed by atoms with Crippen LogP contribution >= 0.6 is 0 Å². The molecule has 1 atom stereocenters. The zero-order chi connectivity index (χ0) is 15.2. The Bertz CT molecular complexity index is 527. The Morgan fingerprint density at radius 3 is 3.00 bits per heavy atom. The van der Waals surface area contributed by atoms with Crippen molar-refractivity contribution in [1.29, 1.82) is 0 Å². The molecule has 1 aliphatic heterocycles. The van der Waals surface area contributed by atoms with Gasteiger partial charge in [0.1, 0.15) is 0 Å². The number of carbonyl (C=O) groups is 1. The molecule has 1 fully saturated rings. The van der Waals surface area contributed by atoms with Crippen LogP contribution in [0.25, 0.3) is 0 Å². The fraction of sp³-hybridized carbons (Fsp3) is 0.500. The van der Waals surface area contributed by atoms with Gasteiger partial charge in [-0.2, -0.15) is 0 Å². The lowest BCUT2D eigenvalue weighted by Crippen LogP contribution is -2.38. The van der Waals surface area contributed by atoms with Crippen molar-refractivity contribution in [3.05, 3.63) is 33.9 Å². The molecular formula is C14H19N3O4. The van der Waals surface area contributed by atoms with Gasteiger partial charge in [-0.15, -0.1) is 0 Å². The minimum atomic E-state index is -0.534. The first-order valence-corrected chi connectivity index (χ1v) is 6.93. The number of nitrogens with zero attached hydrogens (tertiary/aromatic N) is 1. The molecule has 1 aromatic carbocycles. The van der Waals surface area contributed by atoms with Gasteiger partial charge in [-0.05, 0) is 37.9 Å². The molecule has 114 valence electrons. The number of nitrogens with one attached hydrogen (secondary N) is 2. The number of ether oxygens (including phenoxy) is 1. The molecule has 0 aromatic heterocycles. The van der Waals surface area contributed by atoms with Crippen LogP contribution in [0.3, 0.4) is 0 Å². The van der Waals surface area contributed by atoms with Gasteiger partial charge in [0.05, 0.1) is 12.0 Å². The number of methoxy groups -OCH3 is 1. The molecule has 1 aromatic rings. The molecule has 21 heavy (non-hydrogen) atoms. The minimum absolute atomic E-state index is 0.0898. The number of piperidine rings is 1. The number of nitro groups is 1. The second-order valence-electron chi connectivity index (χ2n) is 5.07. The van der Waals surface area contributed by atoms with Crippen molar-refractivity contribution in [2.75, 3.05) is 26.7 Å². The van der Waals surface area contributed by atoms with Crippen molar-refractivity contribution < 1.29 is 14.5 Å². The molecule has 1 unspecified atom stereocenters. The van der Waals surface area contributed by atoms with Gasteiger partial charge in [-0.1, -0.05) is 0 Å². The molecule has 1 saturated heterocycles. The van der Waals surface area contributed by atoms with Crippen LogP contribution in [-0.4, -0.2) is 37.6 Å². The lowest BCUT2D eigenvalue weighted by Gasteiger charge is -2.22. The zero-order valence-electron chi connectivity index (χ0n) is 11.9. The Labute approximate surface area is 122 Å². The van der Waals surface area contributed by atoms with Gasteiger partial charge in [0.15, 0.2) is 5.75 Å². The van der Waals surface area contributed by atoms with E-state index >= 15 is 0 Å². The second-order valence-corrected chi connectivity index (χ2v) is 5.07. The summed E-state index contributed by atoms with van der Waals surface area (Å²) < 4.78 is 4.96. The van der Waals surface area contributed by atoms with E-state index < -0.39 is 4.92 Å². The Kier molecular flexibility index (Phi) is 5.10. The fourth-order valence-electron chi connectivity index (χ4n) is 2.41. The standard InChI is InChI=1S/C14H19N3O4/c1-21-13-7-11(4-5-12(13)17(19)20)14(18)16-9-10-3-2-6-15-8-10/h4-5,7,10,15H,2-3,6,8-9H2,1H3,(H,16,18). The van der Waals surface area contributed by atoms with Crippen LogP contribution in [0, 0.1) is 16.0 Å². The van der Waals surface area contributed by atoms with Gasteiger partial charge in [0, 0.05) is 24.2 Å². The van der Waals surface area contributed by atoms with E-state index in [1.54, 1.807) is 0 Å². The summed E-state index contributed by atoms with van der Waals surface area (Å²) in [5.74, 6) is 0.281. The molecule has 7 nitrogen and oxygen atoms in total.